The number of carbonyl (C=O) groups excluding carboxylic acids is 2. The van der Waals surface area contributed by atoms with E-state index in [1.165, 1.54) is 0 Å². The summed E-state index contributed by atoms with van der Waals surface area (Å²) in [6.45, 7) is 7.98. The molecule has 132 valence electrons. The first kappa shape index (κ1) is 18.7. The average molecular weight is 338 g/mol. The lowest BCUT2D eigenvalue weighted by molar-refractivity contribution is 0.0941. The molecule has 0 aliphatic heterocycles. The zero-order valence-corrected chi connectivity index (χ0v) is 15.3. The maximum absolute atomic E-state index is 12.6. The second kappa shape index (κ2) is 8.47. The van der Waals surface area contributed by atoms with Crippen LogP contribution in [0.4, 0.5) is 5.69 Å². The van der Waals surface area contributed by atoms with Gasteiger partial charge in [-0.1, -0.05) is 32.0 Å². The summed E-state index contributed by atoms with van der Waals surface area (Å²) in [6.07, 6.45) is 1.72. The molecule has 2 N–H and O–H groups in total. The largest absolute Gasteiger partial charge is 0.350 e. The Kier molecular flexibility index (Phi) is 6.34. The zero-order chi connectivity index (χ0) is 18.4. The van der Waals surface area contributed by atoms with Gasteiger partial charge in [0.05, 0.1) is 0 Å². The minimum atomic E-state index is -0.161. The number of anilines is 1. The van der Waals surface area contributed by atoms with E-state index in [1.807, 2.05) is 32.0 Å². The highest BCUT2D eigenvalue weighted by atomic mass is 16.2. The van der Waals surface area contributed by atoms with Crippen LogP contribution >= 0.6 is 0 Å². The number of nitrogens with one attached hydrogen (secondary N) is 2. The van der Waals surface area contributed by atoms with Gasteiger partial charge in [-0.25, -0.2) is 0 Å². The van der Waals surface area contributed by atoms with E-state index < -0.39 is 0 Å². The van der Waals surface area contributed by atoms with Gasteiger partial charge in [0.15, 0.2) is 0 Å². The summed E-state index contributed by atoms with van der Waals surface area (Å²) in [5.74, 6) is -0.294. The lowest BCUT2D eigenvalue weighted by atomic mass is 10.0. The molecule has 2 aromatic rings. The molecule has 2 amide bonds. The fourth-order valence-corrected chi connectivity index (χ4v) is 2.71. The molecule has 0 aromatic heterocycles. The summed E-state index contributed by atoms with van der Waals surface area (Å²) in [4.78, 5) is 24.6. The average Bonchev–Trinajstić information content (AvgIpc) is 2.61. The number of amides is 2. The van der Waals surface area contributed by atoms with E-state index in [-0.39, 0.29) is 17.9 Å². The Hall–Kier alpha value is -2.62. The van der Waals surface area contributed by atoms with Gasteiger partial charge in [0, 0.05) is 22.9 Å². The van der Waals surface area contributed by atoms with E-state index in [2.05, 4.69) is 24.5 Å². The number of hydrogen-bond acceptors (Lipinski definition) is 2. The number of carbonyl (C=O) groups is 2. The van der Waals surface area contributed by atoms with E-state index in [9.17, 15) is 9.59 Å². The molecular formula is C21H26N2O2. The van der Waals surface area contributed by atoms with Gasteiger partial charge in [-0.15, -0.1) is 0 Å². The smallest absolute Gasteiger partial charge is 0.255 e. The first-order valence-electron chi connectivity index (χ1n) is 8.79. The molecule has 0 saturated carbocycles. The van der Waals surface area contributed by atoms with Crippen LogP contribution in [0.5, 0.6) is 0 Å². The highest BCUT2D eigenvalue weighted by Gasteiger charge is 2.13. The lowest BCUT2D eigenvalue weighted by Gasteiger charge is -2.14. The van der Waals surface area contributed by atoms with Crippen LogP contribution in [0.1, 0.15) is 59.5 Å². The van der Waals surface area contributed by atoms with Gasteiger partial charge in [0.25, 0.3) is 11.8 Å². The van der Waals surface area contributed by atoms with Gasteiger partial charge in [-0.2, -0.15) is 0 Å². The second-order valence-corrected chi connectivity index (χ2v) is 6.32. The summed E-state index contributed by atoms with van der Waals surface area (Å²) in [7, 11) is 0. The van der Waals surface area contributed by atoms with E-state index >= 15 is 0 Å². The van der Waals surface area contributed by atoms with Crippen molar-refractivity contribution in [3.63, 3.8) is 0 Å². The van der Waals surface area contributed by atoms with Crippen molar-refractivity contribution in [2.24, 2.45) is 0 Å². The van der Waals surface area contributed by atoms with Gasteiger partial charge < -0.3 is 10.6 Å². The summed E-state index contributed by atoms with van der Waals surface area (Å²) >= 11 is 0. The molecule has 0 aliphatic rings. The van der Waals surface area contributed by atoms with Crippen LogP contribution in [0.25, 0.3) is 0 Å². The van der Waals surface area contributed by atoms with Crippen LogP contribution in [0, 0.1) is 0 Å². The fourth-order valence-electron chi connectivity index (χ4n) is 2.71. The normalized spacial score (nSPS) is 10.6. The first-order chi connectivity index (χ1) is 12.0. The summed E-state index contributed by atoms with van der Waals surface area (Å²) in [5, 5.41) is 5.88. The zero-order valence-electron chi connectivity index (χ0n) is 15.3. The maximum atomic E-state index is 12.6. The van der Waals surface area contributed by atoms with Gasteiger partial charge in [0.2, 0.25) is 0 Å². The van der Waals surface area contributed by atoms with Crippen molar-refractivity contribution in [3.05, 3.63) is 64.7 Å². The standard InChI is InChI=1S/C21H26N2O2/c1-5-15-8-7-9-16(6-2)19(15)23-21(25)18-12-10-17(11-13-18)20(24)22-14(3)4/h7-14H,5-6H2,1-4H3,(H,22,24)(H,23,25). The van der Waals surface area contributed by atoms with Gasteiger partial charge in [-0.3, -0.25) is 9.59 Å². The number of benzene rings is 2. The molecule has 0 radical (unpaired) electrons. The molecule has 0 saturated heterocycles. The van der Waals surface area contributed by atoms with Crippen LogP contribution in [-0.2, 0) is 12.8 Å². The van der Waals surface area contributed by atoms with Crippen molar-refractivity contribution in [1.82, 2.24) is 5.32 Å². The molecule has 0 bridgehead atoms. The number of hydrogen-bond donors (Lipinski definition) is 2. The van der Waals surface area contributed by atoms with E-state index in [0.717, 1.165) is 29.7 Å². The van der Waals surface area contributed by atoms with Crippen molar-refractivity contribution >= 4 is 17.5 Å². The third-order valence-electron chi connectivity index (χ3n) is 4.07. The topological polar surface area (TPSA) is 58.2 Å². The van der Waals surface area contributed by atoms with Crippen molar-refractivity contribution < 1.29 is 9.59 Å². The van der Waals surface area contributed by atoms with Crippen LogP contribution in [0.3, 0.4) is 0 Å². The predicted octanol–water partition coefficient (Wildman–Crippen LogP) is 4.20. The molecule has 4 heteroatoms. The minimum Gasteiger partial charge on any atom is -0.350 e. The molecule has 0 spiro atoms. The lowest BCUT2D eigenvalue weighted by Crippen LogP contribution is -2.30. The third-order valence-corrected chi connectivity index (χ3v) is 4.07. The number of para-hydroxylation sites is 1. The first-order valence-corrected chi connectivity index (χ1v) is 8.79. The SMILES string of the molecule is CCc1cccc(CC)c1NC(=O)c1ccc(C(=O)NC(C)C)cc1. The van der Waals surface area contributed by atoms with Crippen LogP contribution in [0.15, 0.2) is 42.5 Å². The maximum Gasteiger partial charge on any atom is 0.255 e. The highest BCUT2D eigenvalue weighted by Crippen LogP contribution is 2.23. The highest BCUT2D eigenvalue weighted by molar-refractivity contribution is 6.05. The summed E-state index contributed by atoms with van der Waals surface area (Å²) < 4.78 is 0. The molecule has 4 nitrogen and oxygen atoms in total. The van der Waals surface area contributed by atoms with Crippen molar-refractivity contribution in [3.8, 4) is 0 Å². The van der Waals surface area contributed by atoms with Crippen molar-refractivity contribution in [2.45, 2.75) is 46.6 Å². The molecule has 25 heavy (non-hydrogen) atoms. The molecule has 2 aromatic carbocycles. The molecule has 2 rings (SSSR count). The Morgan fingerprint density at radius 3 is 1.76 bits per heavy atom. The minimum absolute atomic E-state index is 0.0773. The summed E-state index contributed by atoms with van der Waals surface area (Å²) in [5.41, 5.74) is 4.24. The summed E-state index contributed by atoms with van der Waals surface area (Å²) in [6, 6.07) is 12.9. The van der Waals surface area contributed by atoms with E-state index in [4.69, 9.17) is 0 Å². The van der Waals surface area contributed by atoms with Crippen molar-refractivity contribution in [2.75, 3.05) is 5.32 Å². The molecular weight excluding hydrogens is 312 g/mol. The Balaban J connectivity index is 2.18. The van der Waals surface area contributed by atoms with Crippen LogP contribution in [-0.4, -0.2) is 17.9 Å². The Bertz CT molecular complexity index is 727. The predicted molar refractivity (Wildman–Crippen MR) is 102 cm³/mol. The van der Waals surface area contributed by atoms with Crippen LogP contribution in [0.2, 0.25) is 0 Å². The van der Waals surface area contributed by atoms with Crippen LogP contribution < -0.4 is 10.6 Å². The molecule has 0 heterocycles. The third kappa shape index (κ3) is 4.69. The number of rotatable bonds is 6. The van der Waals surface area contributed by atoms with Gasteiger partial charge in [0.1, 0.15) is 0 Å². The molecule has 0 unspecified atom stereocenters. The molecule has 0 fully saturated rings. The number of aryl methyl sites for hydroxylation is 2. The fraction of sp³-hybridized carbons (Fsp3) is 0.333. The van der Waals surface area contributed by atoms with Gasteiger partial charge in [-0.05, 0) is 62.1 Å². The Labute approximate surface area is 149 Å². The molecule has 0 aliphatic carbocycles. The van der Waals surface area contributed by atoms with Crippen molar-refractivity contribution in [1.29, 1.82) is 0 Å². The monoisotopic (exact) mass is 338 g/mol. The Morgan fingerprint density at radius 1 is 0.840 bits per heavy atom. The van der Waals surface area contributed by atoms with Gasteiger partial charge >= 0.3 is 0 Å². The molecule has 0 atom stereocenters. The Morgan fingerprint density at radius 2 is 1.32 bits per heavy atom. The quantitative estimate of drug-likeness (QED) is 0.829. The van der Waals surface area contributed by atoms with E-state index in [1.54, 1.807) is 24.3 Å². The van der Waals surface area contributed by atoms with E-state index in [0.29, 0.717) is 11.1 Å². The second-order valence-electron chi connectivity index (χ2n) is 6.32.